The second kappa shape index (κ2) is 6.64. The van der Waals surface area contributed by atoms with Gasteiger partial charge in [0.25, 0.3) is 0 Å². The van der Waals surface area contributed by atoms with Gasteiger partial charge in [0.05, 0.1) is 5.56 Å². The smallest absolute Gasteiger partial charge is 0.339 e. The van der Waals surface area contributed by atoms with E-state index in [0.29, 0.717) is 5.56 Å². The van der Waals surface area contributed by atoms with E-state index in [2.05, 4.69) is 12.6 Å². The molecule has 0 aromatic heterocycles. The van der Waals surface area contributed by atoms with E-state index in [4.69, 9.17) is 4.74 Å². The van der Waals surface area contributed by atoms with Crippen molar-refractivity contribution in [1.29, 1.82) is 0 Å². The SMILES string of the molecule is CC(C)(C)OC(=O)c1ccccc1C=CCCS. The van der Waals surface area contributed by atoms with Crippen LogP contribution in [0.4, 0.5) is 0 Å². The van der Waals surface area contributed by atoms with Gasteiger partial charge >= 0.3 is 5.97 Å². The Labute approximate surface area is 114 Å². The Morgan fingerprint density at radius 1 is 1.33 bits per heavy atom. The zero-order chi connectivity index (χ0) is 13.6. The van der Waals surface area contributed by atoms with Gasteiger partial charge in [-0.05, 0) is 44.6 Å². The lowest BCUT2D eigenvalue weighted by molar-refractivity contribution is 0.00693. The van der Waals surface area contributed by atoms with Crippen molar-refractivity contribution in [2.24, 2.45) is 0 Å². The molecular formula is C15H20O2S. The zero-order valence-electron chi connectivity index (χ0n) is 11.1. The Morgan fingerprint density at radius 3 is 2.61 bits per heavy atom. The minimum Gasteiger partial charge on any atom is -0.456 e. The zero-order valence-corrected chi connectivity index (χ0v) is 12.0. The third-order valence-electron chi connectivity index (χ3n) is 2.17. The number of esters is 1. The standard InChI is InChI=1S/C15H20O2S/c1-15(2,3)17-14(16)13-10-5-4-8-12(13)9-6-7-11-18/h4-6,8-10,18H,7,11H2,1-3H3. The largest absolute Gasteiger partial charge is 0.456 e. The quantitative estimate of drug-likeness (QED) is 0.657. The lowest BCUT2D eigenvalue weighted by Gasteiger charge is -2.20. The molecular weight excluding hydrogens is 244 g/mol. The molecule has 1 rings (SSSR count). The average molecular weight is 264 g/mol. The highest BCUT2D eigenvalue weighted by Gasteiger charge is 2.19. The molecule has 0 bridgehead atoms. The van der Waals surface area contributed by atoms with Gasteiger partial charge in [0.1, 0.15) is 5.60 Å². The monoisotopic (exact) mass is 264 g/mol. The van der Waals surface area contributed by atoms with Crippen LogP contribution in [0.25, 0.3) is 6.08 Å². The van der Waals surface area contributed by atoms with Gasteiger partial charge in [0.2, 0.25) is 0 Å². The van der Waals surface area contributed by atoms with E-state index in [0.717, 1.165) is 17.7 Å². The van der Waals surface area contributed by atoms with E-state index in [-0.39, 0.29) is 5.97 Å². The Balaban J connectivity index is 2.91. The van der Waals surface area contributed by atoms with Crippen molar-refractivity contribution in [3.63, 3.8) is 0 Å². The third kappa shape index (κ3) is 4.96. The van der Waals surface area contributed by atoms with Crippen LogP contribution in [0.15, 0.2) is 30.3 Å². The molecule has 0 aliphatic carbocycles. The summed E-state index contributed by atoms with van der Waals surface area (Å²) in [6, 6.07) is 7.45. The number of carbonyl (C=O) groups excluding carboxylic acids is 1. The van der Waals surface area contributed by atoms with Crippen LogP contribution in [0, 0.1) is 0 Å². The molecule has 0 N–H and O–H groups in total. The Kier molecular flexibility index (Phi) is 5.48. The number of hydrogen-bond donors (Lipinski definition) is 1. The van der Waals surface area contributed by atoms with Gasteiger partial charge in [-0.25, -0.2) is 4.79 Å². The molecule has 0 saturated carbocycles. The summed E-state index contributed by atoms with van der Waals surface area (Å²) >= 11 is 4.15. The Morgan fingerprint density at radius 2 is 2.00 bits per heavy atom. The van der Waals surface area contributed by atoms with Gasteiger partial charge in [-0.3, -0.25) is 0 Å². The fourth-order valence-corrected chi connectivity index (χ4v) is 1.60. The fourth-order valence-electron chi connectivity index (χ4n) is 1.45. The van der Waals surface area contributed by atoms with Crippen molar-refractivity contribution < 1.29 is 9.53 Å². The first-order valence-corrected chi connectivity index (χ1v) is 6.67. The maximum absolute atomic E-state index is 12.0. The van der Waals surface area contributed by atoms with Crippen molar-refractivity contribution in [1.82, 2.24) is 0 Å². The Hall–Kier alpha value is -1.22. The number of hydrogen-bond acceptors (Lipinski definition) is 3. The van der Waals surface area contributed by atoms with E-state index in [9.17, 15) is 4.79 Å². The van der Waals surface area contributed by atoms with Gasteiger partial charge in [-0.2, -0.15) is 12.6 Å². The summed E-state index contributed by atoms with van der Waals surface area (Å²) in [5.41, 5.74) is 1.01. The Bertz CT molecular complexity index is 430. The van der Waals surface area contributed by atoms with Gasteiger partial charge in [-0.15, -0.1) is 0 Å². The normalized spacial score (nSPS) is 11.8. The minimum atomic E-state index is -0.473. The predicted molar refractivity (Wildman–Crippen MR) is 79.1 cm³/mol. The van der Waals surface area contributed by atoms with Crippen LogP contribution in [-0.4, -0.2) is 17.3 Å². The number of carbonyl (C=O) groups is 1. The molecule has 3 heteroatoms. The fraction of sp³-hybridized carbons (Fsp3) is 0.400. The van der Waals surface area contributed by atoms with Crippen molar-refractivity contribution in [3.8, 4) is 0 Å². The maximum Gasteiger partial charge on any atom is 0.339 e. The van der Waals surface area contributed by atoms with Crippen molar-refractivity contribution in [2.45, 2.75) is 32.8 Å². The summed E-state index contributed by atoms with van der Waals surface area (Å²) in [6.07, 6.45) is 4.83. The third-order valence-corrected chi connectivity index (χ3v) is 2.43. The van der Waals surface area contributed by atoms with Crippen molar-refractivity contribution >= 4 is 24.7 Å². The molecule has 0 amide bonds. The summed E-state index contributed by atoms with van der Waals surface area (Å²) in [5, 5.41) is 0. The van der Waals surface area contributed by atoms with E-state index >= 15 is 0 Å². The number of rotatable bonds is 4. The molecule has 0 spiro atoms. The summed E-state index contributed by atoms with van der Waals surface area (Å²) in [4.78, 5) is 12.0. The number of benzene rings is 1. The van der Waals surface area contributed by atoms with Crippen molar-refractivity contribution in [2.75, 3.05) is 5.75 Å². The molecule has 0 heterocycles. The molecule has 0 atom stereocenters. The summed E-state index contributed by atoms with van der Waals surface area (Å²) in [7, 11) is 0. The number of ether oxygens (including phenoxy) is 1. The highest BCUT2D eigenvalue weighted by molar-refractivity contribution is 7.80. The average Bonchev–Trinajstić information content (AvgIpc) is 2.27. The minimum absolute atomic E-state index is 0.284. The van der Waals surface area contributed by atoms with Crippen LogP contribution in [-0.2, 0) is 4.74 Å². The first-order valence-electron chi connectivity index (χ1n) is 6.04. The number of thiol groups is 1. The summed E-state index contributed by atoms with van der Waals surface area (Å²) < 4.78 is 5.38. The molecule has 0 aliphatic rings. The van der Waals surface area contributed by atoms with E-state index in [1.807, 2.05) is 51.1 Å². The van der Waals surface area contributed by atoms with E-state index < -0.39 is 5.60 Å². The van der Waals surface area contributed by atoms with E-state index in [1.54, 1.807) is 6.07 Å². The van der Waals surface area contributed by atoms with Crippen LogP contribution >= 0.6 is 12.6 Å². The molecule has 1 aromatic carbocycles. The molecule has 0 saturated heterocycles. The molecule has 0 aliphatic heterocycles. The molecule has 98 valence electrons. The topological polar surface area (TPSA) is 26.3 Å². The lowest BCUT2D eigenvalue weighted by atomic mass is 10.1. The second-order valence-electron chi connectivity index (χ2n) is 5.00. The van der Waals surface area contributed by atoms with Gasteiger partial charge in [-0.1, -0.05) is 30.4 Å². The van der Waals surface area contributed by atoms with Crippen LogP contribution in [0.5, 0.6) is 0 Å². The summed E-state index contributed by atoms with van der Waals surface area (Å²) in [6.45, 7) is 5.60. The maximum atomic E-state index is 12.0. The molecule has 1 aromatic rings. The second-order valence-corrected chi connectivity index (χ2v) is 5.45. The highest BCUT2D eigenvalue weighted by Crippen LogP contribution is 2.16. The van der Waals surface area contributed by atoms with Crippen LogP contribution in [0.2, 0.25) is 0 Å². The molecule has 18 heavy (non-hydrogen) atoms. The molecule has 2 nitrogen and oxygen atoms in total. The predicted octanol–water partition coefficient (Wildman–Crippen LogP) is 3.98. The summed E-state index contributed by atoms with van der Waals surface area (Å²) in [5.74, 6) is 0.513. The van der Waals surface area contributed by atoms with Crippen LogP contribution in [0.3, 0.4) is 0 Å². The van der Waals surface area contributed by atoms with Crippen molar-refractivity contribution in [3.05, 3.63) is 41.5 Å². The van der Waals surface area contributed by atoms with E-state index in [1.165, 1.54) is 0 Å². The van der Waals surface area contributed by atoms with Gasteiger partial charge in [0, 0.05) is 0 Å². The van der Waals surface area contributed by atoms with Gasteiger partial charge in [0.15, 0.2) is 0 Å². The number of allylic oxidation sites excluding steroid dienone is 1. The lowest BCUT2D eigenvalue weighted by Crippen LogP contribution is -2.24. The first kappa shape index (κ1) is 14.8. The van der Waals surface area contributed by atoms with Gasteiger partial charge < -0.3 is 4.74 Å². The van der Waals surface area contributed by atoms with Crippen LogP contribution in [0.1, 0.15) is 43.1 Å². The first-order chi connectivity index (χ1) is 8.44. The molecule has 0 unspecified atom stereocenters. The highest BCUT2D eigenvalue weighted by atomic mass is 32.1. The molecule has 0 fully saturated rings. The molecule has 0 radical (unpaired) electrons. The van der Waals surface area contributed by atoms with Crippen LogP contribution < -0.4 is 0 Å².